The molecule has 9 heteroatoms. The van der Waals surface area contributed by atoms with Crippen molar-refractivity contribution in [3.63, 3.8) is 0 Å². The lowest BCUT2D eigenvalue weighted by Gasteiger charge is -2.37. The van der Waals surface area contributed by atoms with E-state index in [1.807, 2.05) is 13.8 Å². The molecular weight excluding hydrogens is 302 g/mol. The Kier molecular flexibility index (Phi) is 4.43. The number of nitrogens with one attached hydrogen (secondary N) is 1. The molecule has 112 valence electrons. The quantitative estimate of drug-likeness (QED) is 0.806. The molecule has 0 aromatic carbocycles. The van der Waals surface area contributed by atoms with Gasteiger partial charge in [-0.05, 0) is 13.8 Å². The molecule has 1 aromatic rings. The molecule has 0 aliphatic carbocycles. The summed E-state index contributed by atoms with van der Waals surface area (Å²) in [7, 11) is -2.54. The van der Waals surface area contributed by atoms with Crippen LogP contribution in [0.25, 0.3) is 0 Å². The van der Waals surface area contributed by atoms with Crippen LogP contribution in [0.2, 0.25) is 0 Å². The lowest BCUT2D eigenvalue weighted by atomic mass is 10.1. The van der Waals surface area contributed by atoms with Crippen LogP contribution in [-0.2, 0) is 14.8 Å². The molecule has 7 nitrogen and oxygen atoms in total. The normalized spacial score (nSPS) is 24.6. The van der Waals surface area contributed by atoms with Crippen LogP contribution in [0.4, 0.5) is 0 Å². The SMILES string of the molecule is COC(=O)c1ncsc1S(=O)(=O)N1CCNC(C)C1C. The maximum absolute atomic E-state index is 12.7. The minimum absolute atomic E-state index is 0.0491. The highest BCUT2D eigenvalue weighted by Crippen LogP contribution is 2.27. The zero-order chi connectivity index (χ0) is 14.9. The molecule has 2 heterocycles. The standard InChI is InChI=1S/C11H17N3O4S2/c1-7-8(2)14(5-4-12-7)20(16,17)11-9(10(15)18-3)13-6-19-11/h6-8,12H,4-5H2,1-3H3. The fourth-order valence-electron chi connectivity index (χ4n) is 2.12. The Morgan fingerprint density at radius 3 is 2.90 bits per heavy atom. The van der Waals surface area contributed by atoms with Crippen molar-refractivity contribution in [3.8, 4) is 0 Å². The number of thiazole rings is 1. The summed E-state index contributed by atoms with van der Waals surface area (Å²) in [5.74, 6) is -0.735. The van der Waals surface area contributed by atoms with Gasteiger partial charge in [-0.3, -0.25) is 0 Å². The van der Waals surface area contributed by atoms with Crippen LogP contribution >= 0.6 is 11.3 Å². The lowest BCUT2D eigenvalue weighted by Crippen LogP contribution is -2.57. The van der Waals surface area contributed by atoms with Crippen LogP contribution in [0.3, 0.4) is 0 Å². The number of hydrogen-bond donors (Lipinski definition) is 1. The molecule has 1 fully saturated rings. The summed E-state index contributed by atoms with van der Waals surface area (Å²) in [4.78, 5) is 15.4. The first-order valence-corrected chi connectivity index (χ1v) is 8.48. The molecule has 0 radical (unpaired) electrons. The molecule has 1 N–H and O–H groups in total. The Morgan fingerprint density at radius 2 is 2.25 bits per heavy atom. The summed E-state index contributed by atoms with van der Waals surface area (Å²) in [5.41, 5.74) is 1.20. The number of hydrogen-bond acceptors (Lipinski definition) is 7. The van der Waals surface area contributed by atoms with Crippen molar-refractivity contribution in [3.05, 3.63) is 11.2 Å². The molecule has 0 amide bonds. The smallest absolute Gasteiger partial charge is 0.358 e. The van der Waals surface area contributed by atoms with E-state index in [0.717, 1.165) is 11.3 Å². The third kappa shape index (κ3) is 2.58. The van der Waals surface area contributed by atoms with Gasteiger partial charge < -0.3 is 10.1 Å². The predicted molar refractivity (Wildman–Crippen MR) is 74.3 cm³/mol. The minimum Gasteiger partial charge on any atom is -0.464 e. The molecule has 20 heavy (non-hydrogen) atoms. The highest BCUT2D eigenvalue weighted by molar-refractivity contribution is 7.91. The zero-order valence-electron chi connectivity index (χ0n) is 11.5. The summed E-state index contributed by atoms with van der Waals surface area (Å²) in [5, 5.41) is 3.22. The second kappa shape index (κ2) is 5.76. The van der Waals surface area contributed by atoms with Gasteiger partial charge in [-0.15, -0.1) is 11.3 Å². The van der Waals surface area contributed by atoms with Gasteiger partial charge in [-0.1, -0.05) is 0 Å². The summed E-state index contributed by atoms with van der Waals surface area (Å²) in [6.45, 7) is 4.72. The number of aromatic nitrogens is 1. The molecule has 0 bridgehead atoms. The van der Waals surface area contributed by atoms with Crippen molar-refractivity contribution in [2.45, 2.75) is 30.1 Å². The molecule has 2 rings (SSSR count). The van der Waals surface area contributed by atoms with E-state index in [4.69, 9.17) is 0 Å². The third-order valence-corrected chi connectivity index (χ3v) is 6.77. The summed E-state index contributed by atoms with van der Waals surface area (Å²) < 4.78 is 31.3. The number of rotatable bonds is 3. The summed E-state index contributed by atoms with van der Waals surface area (Å²) >= 11 is 0.935. The van der Waals surface area contributed by atoms with E-state index in [-0.39, 0.29) is 22.0 Å². The Bertz CT molecular complexity index is 599. The fraction of sp³-hybridized carbons (Fsp3) is 0.636. The first-order chi connectivity index (χ1) is 9.39. The highest BCUT2D eigenvalue weighted by Gasteiger charge is 2.38. The number of methoxy groups -OCH3 is 1. The maximum atomic E-state index is 12.7. The topological polar surface area (TPSA) is 88.6 Å². The van der Waals surface area contributed by atoms with Gasteiger partial charge in [0.15, 0.2) is 9.90 Å². The zero-order valence-corrected chi connectivity index (χ0v) is 13.1. The molecule has 1 aliphatic heterocycles. The highest BCUT2D eigenvalue weighted by atomic mass is 32.2. The van der Waals surface area contributed by atoms with E-state index in [0.29, 0.717) is 13.1 Å². The number of piperazine rings is 1. The van der Waals surface area contributed by atoms with Gasteiger partial charge in [0.05, 0.1) is 12.6 Å². The van der Waals surface area contributed by atoms with Crippen LogP contribution in [0.1, 0.15) is 24.3 Å². The van der Waals surface area contributed by atoms with Crippen LogP contribution < -0.4 is 5.32 Å². The van der Waals surface area contributed by atoms with E-state index in [1.165, 1.54) is 16.9 Å². The van der Waals surface area contributed by atoms with E-state index >= 15 is 0 Å². The number of nitrogens with zero attached hydrogens (tertiary/aromatic N) is 2. The molecular formula is C11H17N3O4S2. The lowest BCUT2D eigenvalue weighted by molar-refractivity contribution is 0.0590. The fourth-order valence-corrected chi connectivity index (χ4v) is 5.07. The monoisotopic (exact) mass is 319 g/mol. The van der Waals surface area contributed by atoms with Crippen molar-refractivity contribution in [2.24, 2.45) is 0 Å². The maximum Gasteiger partial charge on any atom is 0.358 e. The van der Waals surface area contributed by atoms with Gasteiger partial charge in [0.1, 0.15) is 0 Å². The number of carbonyl (C=O) groups excluding carboxylic acids is 1. The van der Waals surface area contributed by atoms with Gasteiger partial charge in [-0.2, -0.15) is 4.31 Å². The first kappa shape index (κ1) is 15.4. The Labute approximate surface area is 122 Å². The number of esters is 1. The second-order valence-electron chi connectivity index (χ2n) is 4.58. The van der Waals surface area contributed by atoms with Crippen LogP contribution in [-0.4, -0.2) is 56.0 Å². The van der Waals surface area contributed by atoms with Crippen LogP contribution in [0.15, 0.2) is 9.72 Å². The van der Waals surface area contributed by atoms with E-state index < -0.39 is 16.0 Å². The molecule has 1 aliphatic rings. The molecule has 2 unspecified atom stereocenters. The predicted octanol–water partition coefficient (Wildman–Crippen LogP) is 0.301. The average Bonchev–Trinajstić information content (AvgIpc) is 2.90. The molecule has 0 spiro atoms. The molecule has 1 aromatic heterocycles. The number of carbonyl (C=O) groups is 1. The van der Waals surface area contributed by atoms with Crippen molar-refractivity contribution in [2.75, 3.05) is 20.2 Å². The third-order valence-electron chi connectivity index (χ3n) is 3.43. The van der Waals surface area contributed by atoms with Crippen molar-refractivity contribution in [1.82, 2.24) is 14.6 Å². The van der Waals surface area contributed by atoms with E-state index in [2.05, 4.69) is 15.0 Å². The summed E-state index contributed by atoms with van der Waals surface area (Å²) in [6, 6.07) is -0.144. The van der Waals surface area contributed by atoms with Gasteiger partial charge in [-0.25, -0.2) is 18.2 Å². The van der Waals surface area contributed by atoms with E-state index in [9.17, 15) is 13.2 Å². The van der Waals surface area contributed by atoms with Gasteiger partial charge in [0.25, 0.3) is 10.0 Å². The van der Waals surface area contributed by atoms with Crippen molar-refractivity contribution < 1.29 is 17.9 Å². The van der Waals surface area contributed by atoms with Crippen molar-refractivity contribution in [1.29, 1.82) is 0 Å². The summed E-state index contributed by atoms with van der Waals surface area (Å²) in [6.07, 6.45) is 0. The molecule has 0 saturated carbocycles. The minimum atomic E-state index is -3.74. The second-order valence-corrected chi connectivity index (χ2v) is 7.52. The average molecular weight is 319 g/mol. The molecule has 1 saturated heterocycles. The van der Waals surface area contributed by atoms with E-state index in [1.54, 1.807) is 0 Å². The first-order valence-electron chi connectivity index (χ1n) is 6.16. The Morgan fingerprint density at radius 1 is 1.55 bits per heavy atom. The van der Waals surface area contributed by atoms with Gasteiger partial charge in [0.2, 0.25) is 0 Å². The number of sulfonamides is 1. The Balaban J connectivity index is 2.40. The Hall–Kier alpha value is -1.03. The van der Waals surface area contributed by atoms with Gasteiger partial charge in [0, 0.05) is 25.2 Å². The largest absolute Gasteiger partial charge is 0.464 e. The van der Waals surface area contributed by atoms with Crippen molar-refractivity contribution >= 4 is 27.3 Å². The molecule has 2 atom stereocenters. The van der Waals surface area contributed by atoms with Crippen LogP contribution in [0.5, 0.6) is 0 Å². The van der Waals surface area contributed by atoms with Gasteiger partial charge >= 0.3 is 5.97 Å². The van der Waals surface area contributed by atoms with Crippen LogP contribution in [0, 0.1) is 0 Å². The number of ether oxygens (including phenoxy) is 1.